The van der Waals surface area contributed by atoms with Crippen LogP contribution in [0.15, 0.2) is 54.6 Å². The van der Waals surface area contributed by atoms with Crippen LogP contribution in [0.5, 0.6) is 5.75 Å². The quantitative estimate of drug-likeness (QED) is 0.737. The van der Waals surface area contributed by atoms with Gasteiger partial charge in [0.05, 0.1) is 12.0 Å². The third-order valence-electron chi connectivity index (χ3n) is 4.63. The Morgan fingerprint density at radius 1 is 0.958 bits per heavy atom. The van der Waals surface area contributed by atoms with E-state index in [0.717, 1.165) is 5.56 Å². The van der Waals surface area contributed by atoms with Gasteiger partial charge in [0.15, 0.2) is 0 Å². The third-order valence-corrected chi connectivity index (χ3v) is 4.63. The van der Waals surface area contributed by atoms with Gasteiger partial charge in [0.2, 0.25) is 11.8 Å². The van der Waals surface area contributed by atoms with Crippen LogP contribution in [-0.4, -0.2) is 28.0 Å². The number of imide groups is 1. The largest absolute Gasteiger partial charge is 0.508 e. The van der Waals surface area contributed by atoms with Crippen LogP contribution < -0.4 is 10.7 Å². The fourth-order valence-corrected chi connectivity index (χ4v) is 3.53. The second-order valence-corrected chi connectivity index (χ2v) is 6.10. The maximum Gasteiger partial charge on any atom is 0.246 e. The van der Waals surface area contributed by atoms with Crippen molar-refractivity contribution in [2.24, 2.45) is 5.92 Å². The summed E-state index contributed by atoms with van der Waals surface area (Å²) in [6, 6.07) is 15.6. The summed E-state index contributed by atoms with van der Waals surface area (Å²) in [5.41, 5.74) is 4.91. The van der Waals surface area contributed by atoms with E-state index < -0.39 is 18.0 Å². The number of benzene rings is 2. The first-order chi connectivity index (χ1) is 11.6. The number of rotatable bonds is 3. The number of fused-ring (bicyclic) bond motifs is 1. The zero-order valence-electron chi connectivity index (χ0n) is 12.8. The fraction of sp³-hybridized carbons (Fsp3) is 0.222. The standard InChI is InChI=1S/C18H17N3O3/c22-13-9-5-4-8-12(13)15-14-16(18(24)19-17(14)23)21(20-15)10-11-6-2-1-3-7-11/h1-9,14-16,20,22H,10H2,(H,19,23,24)/t14-,15-,16-/m1/s1. The van der Waals surface area contributed by atoms with E-state index in [-0.39, 0.29) is 17.6 Å². The van der Waals surface area contributed by atoms with E-state index in [4.69, 9.17) is 0 Å². The zero-order chi connectivity index (χ0) is 16.7. The Morgan fingerprint density at radius 2 is 1.67 bits per heavy atom. The molecule has 0 bridgehead atoms. The van der Waals surface area contributed by atoms with E-state index in [1.165, 1.54) is 0 Å². The van der Waals surface area contributed by atoms with Gasteiger partial charge in [-0.3, -0.25) is 14.9 Å². The molecule has 6 heteroatoms. The van der Waals surface area contributed by atoms with Crippen molar-refractivity contribution in [3.8, 4) is 5.75 Å². The minimum absolute atomic E-state index is 0.113. The highest BCUT2D eigenvalue weighted by Crippen LogP contribution is 2.40. The Hall–Kier alpha value is -2.70. The molecule has 2 fully saturated rings. The highest BCUT2D eigenvalue weighted by atomic mass is 16.3. The Balaban J connectivity index is 1.69. The van der Waals surface area contributed by atoms with Gasteiger partial charge in [-0.05, 0) is 11.6 Å². The molecule has 4 rings (SSSR count). The van der Waals surface area contributed by atoms with Crippen LogP contribution in [0.2, 0.25) is 0 Å². The highest BCUT2D eigenvalue weighted by molar-refractivity contribution is 6.07. The molecule has 2 aromatic carbocycles. The average molecular weight is 323 g/mol. The number of phenolic OH excluding ortho intramolecular Hbond substituents is 1. The Bertz CT molecular complexity index is 793. The average Bonchev–Trinajstić information content (AvgIpc) is 3.09. The van der Waals surface area contributed by atoms with Gasteiger partial charge in [-0.1, -0.05) is 48.5 Å². The molecule has 0 saturated carbocycles. The summed E-state index contributed by atoms with van der Waals surface area (Å²) in [5.74, 6) is -1.05. The van der Waals surface area contributed by atoms with Crippen LogP contribution in [0.3, 0.4) is 0 Å². The zero-order valence-corrected chi connectivity index (χ0v) is 12.8. The van der Waals surface area contributed by atoms with Crippen molar-refractivity contribution in [1.29, 1.82) is 0 Å². The summed E-state index contributed by atoms with van der Waals surface area (Å²) in [6.07, 6.45) is 0. The number of phenols is 1. The van der Waals surface area contributed by atoms with Crippen molar-refractivity contribution in [3.63, 3.8) is 0 Å². The van der Waals surface area contributed by atoms with Gasteiger partial charge in [0, 0.05) is 12.1 Å². The fourth-order valence-electron chi connectivity index (χ4n) is 3.53. The van der Waals surface area contributed by atoms with Crippen LogP contribution in [0.1, 0.15) is 17.2 Å². The highest BCUT2D eigenvalue weighted by Gasteiger charge is 2.55. The van der Waals surface area contributed by atoms with Crippen LogP contribution in [0.25, 0.3) is 0 Å². The topological polar surface area (TPSA) is 81.7 Å². The van der Waals surface area contributed by atoms with Gasteiger partial charge in [-0.15, -0.1) is 0 Å². The first-order valence-corrected chi connectivity index (χ1v) is 7.84. The SMILES string of the molecule is O=C1NC(=O)[C@H]2[C@H]1[C@@H](c1ccccc1O)NN2Cc1ccccc1. The van der Waals surface area contributed by atoms with Gasteiger partial charge in [0.25, 0.3) is 0 Å². The van der Waals surface area contributed by atoms with Crippen molar-refractivity contribution >= 4 is 11.8 Å². The molecule has 3 N–H and O–H groups in total. The molecular formula is C18H17N3O3. The molecule has 0 aliphatic carbocycles. The second-order valence-electron chi connectivity index (χ2n) is 6.10. The molecule has 0 aromatic heterocycles. The molecule has 0 spiro atoms. The molecule has 2 amide bonds. The smallest absolute Gasteiger partial charge is 0.246 e. The maximum atomic E-state index is 12.3. The number of carbonyl (C=O) groups excluding carboxylic acids is 2. The van der Waals surface area contributed by atoms with Crippen molar-refractivity contribution in [2.45, 2.75) is 18.6 Å². The summed E-state index contributed by atoms with van der Waals surface area (Å²) in [6.45, 7) is 0.493. The molecule has 2 saturated heterocycles. The number of carbonyl (C=O) groups is 2. The van der Waals surface area contributed by atoms with Gasteiger partial charge < -0.3 is 5.11 Å². The lowest BCUT2D eigenvalue weighted by Crippen LogP contribution is -2.43. The molecule has 3 atom stereocenters. The van der Waals surface area contributed by atoms with E-state index in [1.54, 1.807) is 29.3 Å². The van der Waals surface area contributed by atoms with Crippen molar-refractivity contribution in [3.05, 3.63) is 65.7 Å². The molecule has 2 aliphatic heterocycles. The first kappa shape index (κ1) is 14.9. The lowest BCUT2D eigenvalue weighted by Gasteiger charge is -2.22. The predicted molar refractivity (Wildman–Crippen MR) is 86.4 cm³/mol. The van der Waals surface area contributed by atoms with Crippen LogP contribution >= 0.6 is 0 Å². The van der Waals surface area contributed by atoms with E-state index in [1.807, 2.05) is 30.3 Å². The number of aromatic hydroxyl groups is 1. The number of nitrogens with zero attached hydrogens (tertiary/aromatic N) is 1. The number of hydrogen-bond acceptors (Lipinski definition) is 5. The molecule has 6 nitrogen and oxygen atoms in total. The monoisotopic (exact) mass is 323 g/mol. The molecule has 0 unspecified atom stereocenters. The number of hydrogen-bond donors (Lipinski definition) is 3. The van der Waals surface area contributed by atoms with Crippen LogP contribution in [-0.2, 0) is 16.1 Å². The second kappa shape index (κ2) is 5.74. The summed E-state index contributed by atoms with van der Waals surface area (Å²) in [7, 11) is 0. The molecule has 0 radical (unpaired) electrons. The predicted octanol–water partition coefficient (Wildman–Crippen LogP) is 1.09. The Kier molecular flexibility index (Phi) is 3.55. The van der Waals surface area contributed by atoms with Gasteiger partial charge in [-0.25, -0.2) is 10.4 Å². The van der Waals surface area contributed by atoms with Gasteiger partial charge >= 0.3 is 0 Å². The number of amides is 2. The molecular weight excluding hydrogens is 306 g/mol. The Labute approximate surface area is 139 Å². The maximum absolute atomic E-state index is 12.3. The van der Waals surface area contributed by atoms with Crippen molar-refractivity contribution in [1.82, 2.24) is 15.8 Å². The molecule has 24 heavy (non-hydrogen) atoms. The van der Waals surface area contributed by atoms with Crippen molar-refractivity contribution in [2.75, 3.05) is 0 Å². The van der Waals surface area contributed by atoms with Gasteiger partial charge in [-0.2, -0.15) is 0 Å². The van der Waals surface area contributed by atoms with Crippen molar-refractivity contribution < 1.29 is 14.7 Å². The summed E-state index contributed by atoms with van der Waals surface area (Å²) in [4.78, 5) is 24.5. The molecule has 122 valence electrons. The third kappa shape index (κ3) is 2.36. The van der Waals surface area contributed by atoms with E-state index in [0.29, 0.717) is 12.1 Å². The summed E-state index contributed by atoms with van der Waals surface area (Å²) < 4.78 is 0. The van der Waals surface area contributed by atoms with Gasteiger partial charge in [0.1, 0.15) is 11.8 Å². The summed E-state index contributed by atoms with van der Waals surface area (Å²) >= 11 is 0. The number of hydrazine groups is 1. The van der Waals surface area contributed by atoms with E-state index in [2.05, 4.69) is 10.7 Å². The molecule has 2 heterocycles. The lowest BCUT2D eigenvalue weighted by molar-refractivity contribution is -0.127. The Morgan fingerprint density at radius 3 is 2.42 bits per heavy atom. The summed E-state index contributed by atoms with van der Waals surface area (Å²) in [5, 5.41) is 14.3. The van der Waals surface area contributed by atoms with Crippen LogP contribution in [0.4, 0.5) is 0 Å². The van der Waals surface area contributed by atoms with E-state index in [9.17, 15) is 14.7 Å². The minimum atomic E-state index is -0.581. The first-order valence-electron chi connectivity index (χ1n) is 7.84. The number of para-hydroxylation sites is 1. The van der Waals surface area contributed by atoms with Crippen LogP contribution in [0, 0.1) is 5.92 Å². The minimum Gasteiger partial charge on any atom is -0.508 e. The van der Waals surface area contributed by atoms with E-state index >= 15 is 0 Å². The molecule has 2 aliphatic rings. The number of nitrogens with one attached hydrogen (secondary N) is 2. The lowest BCUT2D eigenvalue weighted by atomic mass is 9.90. The molecule has 2 aromatic rings. The normalized spacial score (nSPS) is 26.4.